The minimum atomic E-state index is -0.576. The Labute approximate surface area is 278 Å². The number of hydrogen-bond acceptors (Lipinski definition) is 3. The van der Waals surface area contributed by atoms with E-state index in [0.717, 1.165) is 56.1 Å². The molecule has 2 aliphatic rings. The molecule has 0 bridgehead atoms. The molecule has 0 unspecified atom stereocenters. The van der Waals surface area contributed by atoms with E-state index in [1.165, 1.54) is 27.6 Å². The van der Waals surface area contributed by atoms with Gasteiger partial charge in [0, 0.05) is 27.8 Å². The van der Waals surface area contributed by atoms with E-state index in [9.17, 15) is 0 Å². The number of ether oxygens (including phenoxy) is 1. The van der Waals surface area contributed by atoms with Gasteiger partial charge < -0.3 is 4.74 Å². The van der Waals surface area contributed by atoms with Gasteiger partial charge in [0.15, 0.2) is 5.82 Å². The summed E-state index contributed by atoms with van der Waals surface area (Å²) in [5.74, 6) is 2.36. The zero-order valence-corrected chi connectivity index (χ0v) is 26.0. The third kappa shape index (κ3) is 3.82. The normalized spacial score (nSPS) is 13.3. The van der Waals surface area contributed by atoms with Crippen molar-refractivity contribution in [3.05, 3.63) is 192 Å². The van der Waals surface area contributed by atoms with Crippen LogP contribution in [0.5, 0.6) is 11.5 Å². The molecule has 8 aromatic rings. The van der Waals surface area contributed by atoms with Crippen molar-refractivity contribution in [3.8, 4) is 56.5 Å². The Morgan fingerprint density at radius 1 is 0.396 bits per heavy atom. The van der Waals surface area contributed by atoms with Crippen LogP contribution >= 0.6 is 0 Å². The first-order valence-electron chi connectivity index (χ1n) is 16.3. The summed E-state index contributed by atoms with van der Waals surface area (Å²) in [6, 6.07) is 60.0. The second-order valence-corrected chi connectivity index (χ2v) is 12.5. The Bertz CT molecular complexity index is 2440. The lowest BCUT2D eigenvalue weighted by atomic mass is 9.65. The maximum absolute atomic E-state index is 7.12. The minimum Gasteiger partial charge on any atom is -0.456 e. The predicted molar refractivity (Wildman–Crippen MR) is 193 cm³/mol. The molecular formula is C45H28N2O. The zero-order chi connectivity index (χ0) is 31.7. The van der Waals surface area contributed by atoms with E-state index < -0.39 is 5.41 Å². The predicted octanol–water partition coefficient (Wildman–Crippen LogP) is 11.1. The lowest BCUT2D eigenvalue weighted by Crippen LogP contribution is -2.32. The highest BCUT2D eigenvalue weighted by Crippen LogP contribution is 2.63. The lowest BCUT2D eigenvalue weighted by molar-refractivity contribution is 0.439. The molecule has 1 aliphatic heterocycles. The van der Waals surface area contributed by atoms with Crippen LogP contribution in [-0.2, 0) is 5.41 Å². The molecule has 1 aliphatic carbocycles. The SMILES string of the molecule is c1ccc(-c2cc(-c3cccc4c3Oc3cc5ccccc5cc3C43c4ccccc4-c4ccccc43)nc(-c3ccccc3)n2)cc1. The number of nitrogens with zero attached hydrogens (tertiary/aromatic N) is 2. The van der Waals surface area contributed by atoms with Crippen molar-refractivity contribution in [1.82, 2.24) is 9.97 Å². The van der Waals surface area contributed by atoms with Gasteiger partial charge in [-0.25, -0.2) is 9.97 Å². The van der Waals surface area contributed by atoms with Gasteiger partial charge in [0.2, 0.25) is 0 Å². The van der Waals surface area contributed by atoms with Gasteiger partial charge in [-0.05, 0) is 57.3 Å². The summed E-state index contributed by atoms with van der Waals surface area (Å²) in [6.45, 7) is 0. The second-order valence-electron chi connectivity index (χ2n) is 12.5. The fraction of sp³-hybridized carbons (Fsp3) is 0.0222. The molecule has 7 aromatic carbocycles. The highest BCUT2D eigenvalue weighted by atomic mass is 16.5. The summed E-state index contributed by atoms with van der Waals surface area (Å²) < 4.78 is 7.12. The van der Waals surface area contributed by atoms with Crippen LogP contribution in [0.1, 0.15) is 22.3 Å². The van der Waals surface area contributed by atoms with Gasteiger partial charge in [-0.3, -0.25) is 0 Å². The van der Waals surface area contributed by atoms with Crippen molar-refractivity contribution >= 4 is 10.8 Å². The number of rotatable bonds is 3. The molecule has 0 radical (unpaired) electrons. The molecule has 0 saturated heterocycles. The maximum Gasteiger partial charge on any atom is 0.160 e. The van der Waals surface area contributed by atoms with Crippen LogP contribution in [0.3, 0.4) is 0 Å². The number of aromatic nitrogens is 2. The first kappa shape index (κ1) is 26.9. The van der Waals surface area contributed by atoms with E-state index in [1.54, 1.807) is 0 Å². The Hall–Kier alpha value is -6.32. The van der Waals surface area contributed by atoms with Gasteiger partial charge in [0.05, 0.1) is 16.8 Å². The standard InChI is InChI=1S/C45H28N2O/c1-3-14-29(15-4-1)40-28-41(47-44(46-40)30-16-5-2-6-17-30)35-22-13-25-38-43(35)48-42-27-32-19-8-7-18-31(32)26-39(42)45(38)36-23-11-9-20-33(36)34-21-10-12-24-37(34)45/h1-28H. The smallest absolute Gasteiger partial charge is 0.160 e. The second kappa shape index (κ2) is 10.3. The number of fused-ring (bicyclic) bond motifs is 10. The molecule has 0 amide bonds. The molecule has 3 heteroatoms. The van der Waals surface area contributed by atoms with Gasteiger partial charge in [0.1, 0.15) is 11.5 Å². The highest BCUT2D eigenvalue weighted by Gasteiger charge is 2.51. The summed E-state index contributed by atoms with van der Waals surface area (Å²) in [6.07, 6.45) is 0. The van der Waals surface area contributed by atoms with Gasteiger partial charge >= 0.3 is 0 Å². The van der Waals surface area contributed by atoms with Crippen molar-refractivity contribution in [3.63, 3.8) is 0 Å². The van der Waals surface area contributed by atoms with Crippen LogP contribution in [0.2, 0.25) is 0 Å². The van der Waals surface area contributed by atoms with Gasteiger partial charge in [-0.2, -0.15) is 0 Å². The minimum absolute atomic E-state index is 0.576. The molecule has 1 aromatic heterocycles. The van der Waals surface area contributed by atoms with Crippen LogP contribution in [0.4, 0.5) is 0 Å². The Balaban J connectivity index is 1.30. The molecule has 0 N–H and O–H groups in total. The molecule has 10 rings (SSSR count). The zero-order valence-electron chi connectivity index (χ0n) is 26.0. The Morgan fingerprint density at radius 2 is 0.938 bits per heavy atom. The van der Waals surface area contributed by atoms with E-state index in [-0.39, 0.29) is 0 Å². The monoisotopic (exact) mass is 612 g/mol. The van der Waals surface area contributed by atoms with Crippen molar-refractivity contribution in [1.29, 1.82) is 0 Å². The fourth-order valence-electron chi connectivity index (χ4n) is 7.87. The highest BCUT2D eigenvalue weighted by molar-refractivity contribution is 5.94. The van der Waals surface area contributed by atoms with Crippen LogP contribution in [0.25, 0.3) is 55.8 Å². The van der Waals surface area contributed by atoms with Crippen LogP contribution < -0.4 is 4.74 Å². The van der Waals surface area contributed by atoms with Gasteiger partial charge in [-0.1, -0.05) is 146 Å². The van der Waals surface area contributed by atoms with E-state index in [1.807, 2.05) is 36.4 Å². The van der Waals surface area contributed by atoms with E-state index in [0.29, 0.717) is 5.82 Å². The van der Waals surface area contributed by atoms with Crippen LogP contribution in [0, 0.1) is 0 Å². The quantitative estimate of drug-likeness (QED) is 0.199. The topological polar surface area (TPSA) is 35.0 Å². The van der Waals surface area contributed by atoms with Crippen molar-refractivity contribution < 1.29 is 4.74 Å². The molecule has 0 saturated carbocycles. The summed E-state index contributed by atoms with van der Waals surface area (Å²) in [7, 11) is 0. The average molecular weight is 613 g/mol. The molecule has 224 valence electrons. The van der Waals surface area contributed by atoms with E-state index >= 15 is 0 Å². The summed E-state index contributed by atoms with van der Waals surface area (Å²) in [5, 5.41) is 2.34. The summed E-state index contributed by atoms with van der Waals surface area (Å²) >= 11 is 0. The number of benzene rings is 7. The lowest BCUT2D eigenvalue weighted by Gasteiger charge is -2.40. The summed E-state index contributed by atoms with van der Waals surface area (Å²) in [5.41, 5.74) is 11.4. The van der Waals surface area contributed by atoms with Crippen molar-refractivity contribution in [2.24, 2.45) is 0 Å². The van der Waals surface area contributed by atoms with Crippen LogP contribution in [-0.4, -0.2) is 9.97 Å². The van der Waals surface area contributed by atoms with Crippen LogP contribution in [0.15, 0.2) is 170 Å². The Morgan fingerprint density at radius 3 is 1.65 bits per heavy atom. The molecule has 3 nitrogen and oxygen atoms in total. The fourth-order valence-corrected chi connectivity index (χ4v) is 7.87. The first-order valence-corrected chi connectivity index (χ1v) is 16.3. The molecular weight excluding hydrogens is 585 g/mol. The first-order chi connectivity index (χ1) is 23.8. The maximum atomic E-state index is 7.12. The van der Waals surface area contributed by atoms with Crippen molar-refractivity contribution in [2.75, 3.05) is 0 Å². The van der Waals surface area contributed by atoms with Gasteiger partial charge in [0.25, 0.3) is 0 Å². The molecule has 1 spiro atoms. The molecule has 48 heavy (non-hydrogen) atoms. The number of para-hydroxylation sites is 1. The average Bonchev–Trinajstić information content (AvgIpc) is 3.45. The van der Waals surface area contributed by atoms with E-state index in [4.69, 9.17) is 14.7 Å². The largest absolute Gasteiger partial charge is 0.456 e. The van der Waals surface area contributed by atoms with E-state index in [2.05, 4.69) is 133 Å². The molecule has 0 fully saturated rings. The van der Waals surface area contributed by atoms with Crippen molar-refractivity contribution in [2.45, 2.75) is 5.41 Å². The molecule has 0 atom stereocenters. The van der Waals surface area contributed by atoms with Gasteiger partial charge in [-0.15, -0.1) is 0 Å². The summed E-state index contributed by atoms with van der Waals surface area (Å²) in [4.78, 5) is 10.3. The number of hydrogen-bond donors (Lipinski definition) is 0. The third-order valence-corrected chi connectivity index (χ3v) is 9.94. The third-order valence-electron chi connectivity index (χ3n) is 9.94. The Kier molecular flexibility index (Phi) is 5.79. The molecule has 2 heterocycles.